The summed E-state index contributed by atoms with van der Waals surface area (Å²) >= 11 is 3.52. The minimum absolute atomic E-state index is 0.297. The zero-order chi connectivity index (χ0) is 15.7. The number of benzodiazepines with no additional fused rings is 1. The van der Waals surface area contributed by atoms with Crippen LogP contribution in [0.15, 0.2) is 58.0 Å². The van der Waals surface area contributed by atoms with E-state index < -0.39 is 0 Å². The lowest BCUT2D eigenvalue weighted by molar-refractivity contribution is -0.311. The van der Waals surface area contributed by atoms with E-state index in [0.29, 0.717) is 18.2 Å². The first-order chi connectivity index (χ1) is 10.6. The number of benzene rings is 2. The van der Waals surface area contributed by atoms with Crippen molar-refractivity contribution in [3.63, 3.8) is 0 Å². The molecule has 0 unspecified atom stereocenters. The van der Waals surface area contributed by atoms with Gasteiger partial charge in [0.2, 0.25) is 0 Å². The Labute approximate surface area is 137 Å². The fourth-order valence-electron chi connectivity index (χ4n) is 2.59. The van der Waals surface area contributed by atoms with Crippen LogP contribution in [0.4, 0.5) is 5.69 Å². The second-order valence-electron chi connectivity index (χ2n) is 5.12. The highest BCUT2D eigenvalue weighted by Crippen LogP contribution is 2.28. The Bertz CT molecular complexity index is 803. The van der Waals surface area contributed by atoms with E-state index in [2.05, 4.69) is 20.9 Å². The number of fused-ring (bicyclic) bond motifs is 1. The smallest absolute Gasteiger partial charge is 0.256 e. The van der Waals surface area contributed by atoms with Gasteiger partial charge >= 0.3 is 0 Å². The quantitative estimate of drug-likeness (QED) is 0.598. The van der Waals surface area contributed by atoms with Crippen LogP contribution in [0.3, 0.4) is 0 Å². The van der Waals surface area contributed by atoms with Crippen molar-refractivity contribution < 1.29 is 4.58 Å². The summed E-state index contributed by atoms with van der Waals surface area (Å²) in [7, 11) is 0. The molecule has 1 aliphatic rings. The third-order valence-corrected chi connectivity index (χ3v) is 4.00. The van der Waals surface area contributed by atoms with Gasteiger partial charge in [-0.2, -0.15) is 5.41 Å². The fourth-order valence-corrected chi connectivity index (χ4v) is 2.95. The van der Waals surface area contributed by atoms with Crippen LogP contribution in [-0.4, -0.2) is 28.5 Å². The second kappa shape index (κ2) is 5.85. The summed E-state index contributed by atoms with van der Waals surface area (Å²) in [6.07, 6.45) is 0. The number of hydrogen-bond donors (Lipinski definition) is 2. The third-order valence-electron chi connectivity index (χ3n) is 3.51. The number of nitrogens with zero attached hydrogens (tertiary/aromatic N) is 2. The lowest BCUT2D eigenvalue weighted by Crippen LogP contribution is -2.28. The molecular formula is C17H16BrN4+. The Kier molecular flexibility index (Phi) is 3.90. The van der Waals surface area contributed by atoms with Crippen LogP contribution in [0.25, 0.3) is 0 Å². The minimum atomic E-state index is 0.297. The highest BCUT2D eigenvalue weighted by atomic mass is 79.9. The summed E-state index contributed by atoms with van der Waals surface area (Å²) in [5.74, 6) is 0.938. The summed E-state index contributed by atoms with van der Waals surface area (Å²) < 4.78 is 2.72. The van der Waals surface area contributed by atoms with Crippen molar-refractivity contribution in [2.24, 2.45) is 10.7 Å². The molecule has 110 valence electrons. The normalized spacial score (nSPS) is 16.6. The van der Waals surface area contributed by atoms with Gasteiger partial charge < -0.3 is 5.73 Å². The lowest BCUT2D eigenvalue weighted by Gasteiger charge is -2.12. The summed E-state index contributed by atoms with van der Waals surface area (Å²) in [4.78, 5) is 4.65. The molecule has 0 bridgehead atoms. The van der Waals surface area contributed by atoms with Crippen molar-refractivity contribution in [2.75, 3.05) is 6.54 Å². The highest BCUT2D eigenvalue weighted by molar-refractivity contribution is 9.10. The van der Waals surface area contributed by atoms with Gasteiger partial charge in [0.15, 0.2) is 5.84 Å². The van der Waals surface area contributed by atoms with Crippen molar-refractivity contribution in [3.05, 3.63) is 64.1 Å². The standard InChI is InChI=1S/C17H15BrN4/c1-11(19)22-15-8-7-13(18)9-14(15)17(21-10-16(22)20)12-5-3-2-4-6-12/h2-9,19-20H,10H2,1H3/p+1. The van der Waals surface area contributed by atoms with Gasteiger partial charge in [-0.1, -0.05) is 46.3 Å². The molecule has 5 heteroatoms. The molecule has 0 aliphatic carbocycles. The first-order valence-corrected chi connectivity index (χ1v) is 7.73. The average molecular weight is 356 g/mol. The van der Waals surface area contributed by atoms with E-state index in [1.54, 1.807) is 11.5 Å². The maximum atomic E-state index is 8.26. The number of halogens is 1. The van der Waals surface area contributed by atoms with Crippen molar-refractivity contribution in [1.82, 2.24) is 0 Å². The molecule has 0 amide bonds. The number of amidine groups is 2. The molecule has 3 N–H and O–H groups in total. The molecule has 0 atom stereocenters. The van der Waals surface area contributed by atoms with Crippen LogP contribution in [0.5, 0.6) is 0 Å². The Morgan fingerprint density at radius 3 is 2.64 bits per heavy atom. The van der Waals surface area contributed by atoms with Gasteiger partial charge in [-0.3, -0.25) is 4.99 Å². The van der Waals surface area contributed by atoms with E-state index in [-0.39, 0.29) is 0 Å². The second-order valence-corrected chi connectivity index (χ2v) is 6.03. The van der Waals surface area contributed by atoms with Crippen molar-refractivity contribution in [3.8, 4) is 0 Å². The Morgan fingerprint density at radius 2 is 1.95 bits per heavy atom. The van der Waals surface area contributed by atoms with Gasteiger partial charge in [0, 0.05) is 22.5 Å². The van der Waals surface area contributed by atoms with E-state index in [4.69, 9.17) is 11.1 Å². The molecule has 4 nitrogen and oxygen atoms in total. The highest BCUT2D eigenvalue weighted by Gasteiger charge is 2.24. The molecule has 22 heavy (non-hydrogen) atoms. The summed E-state index contributed by atoms with van der Waals surface area (Å²) in [5, 5.41) is 8.26. The van der Waals surface area contributed by atoms with E-state index in [1.165, 1.54) is 0 Å². The summed E-state index contributed by atoms with van der Waals surface area (Å²) in [6, 6.07) is 16.0. The molecule has 0 aromatic heterocycles. The van der Waals surface area contributed by atoms with Gasteiger partial charge in [-0.05, 0) is 18.2 Å². The van der Waals surface area contributed by atoms with Crippen LogP contribution in [-0.2, 0) is 0 Å². The number of aliphatic imine (C=N–C) groups is 1. The Morgan fingerprint density at radius 1 is 1.23 bits per heavy atom. The molecule has 0 radical (unpaired) electrons. The zero-order valence-corrected chi connectivity index (χ0v) is 13.8. The van der Waals surface area contributed by atoms with E-state index >= 15 is 0 Å². The molecule has 0 spiro atoms. The number of nitrogens with one attached hydrogen (secondary N) is 1. The van der Waals surface area contributed by atoms with Crippen LogP contribution in [0.1, 0.15) is 18.1 Å². The molecule has 3 rings (SSSR count). The lowest BCUT2D eigenvalue weighted by atomic mass is 10.0. The molecule has 0 fully saturated rings. The van der Waals surface area contributed by atoms with Crippen LogP contribution < -0.4 is 5.73 Å². The first kappa shape index (κ1) is 14.7. The Balaban J connectivity index is 2.30. The molecule has 1 aliphatic heterocycles. The molecular weight excluding hydrogens is 340 g/mol. The van der Waals surface area contributed by atoms with Gasteiger partial charge in [-0.15, -0.1) is 0 Å². The molecule has 1 heterocycles. The van der Waals surface area contributed by atoms with Crippen molar-refractivity contribution >= 4 is 39.0 Å². The fraction of sp³-hybridized carbons (Fsp3) is 0.118. The predicted octanol–water partition coefficient (Wildman–Crippen LogP) is 3.30. The van der Waals surface area contributed by atoms with E-state index in [0.717, 1.165) is 27.0 Å². The monoisotopic (exact) mass is 355 g/mol. The number of nitrogens with two attached hydrogens (primary N) is 1. The van der Waals surface area contributed by atoms with Crippen LogP contribution >= 0.6 is 15.9 Å². The zero-order valence-electron chi connectivity index (χ0n) is 12.2. The van der Waals surface area contributed by atoms with Gasteiger partial charge in [0.1, 0.15) is 12.2 Å². The largest absolute Gasteiger partial charge is 0.322 e. The Hall–Kier alpha value is -2.27. The summed E-state index contributed by atoms with van der Waals surface area (Å²) in [6.45, 7) is 2.10. The maximum Gasteiger partial charge on any atom is 0.256 e. The van der Waals surface area contributed by atoms with E-state index in [9.17, 15) is 0 Å². The van der Waals surface area contributed by atoms with Crippen LogP contribution in [0, 0.1) is 5.41 Å². The first-order valence-electron chi connectivity index (χ1n) is 6.94. The average Bonchev–Trinajstić information content (AvgIpc) is 2.64. The van der Waals surface area contributed by atoms with Gasteiger partial charge in [-0.25, -0.2) is 4.58 Å². The van der Waals surface area contributed by atoms with Crippen molar-refractivity contribution in [1.29, 1.82) is 5.41 Å². The van der Waals surface area contributed by atoms with Crippen molar-refractivity contribution in [2.45, 2.75) is 6.92 Å². The van der Waals surface area contributed by atoms with Gasteiger partial charge in [0.25, 0.3) is 5.84 Å². The number of hydrogen-bond acceptors (Lipinski definition) is 2. The maximum absolute atomic E-state index is 8.26. The molecule has 2 aromatic rings. The van der Waals surface area contributed by atoms with Crippen LogP contribution in [0.2, 0.25) is 0 Å². The van der Waals surface area contributed by atoms with Gasteiger partial charge in [0.05, 0.1) is 5.71 Å². The topological polar surface area (TPSA) is 65.2 Å². The van der Waals surface area contributed by atoms with E-state index in [1.807, 2.05) is 48.5 Å². The minimum Gasteiger partial charge on any atom is -0.322 e. The predicted molar refractivity (Wildman–Crippen MR) is 93.6 cm³/mol. The molecule has 2 aromatic carbocycles. The SMILES string of the molecule is CC(N)=[N+]1C(=N)CN=C(c2ccccc2)c2cc(Br)ccc21. The molecule has 0 saturated heterocycles. The summed E-state index contributed by atoms with van der Waals surface area (Å²) in [5.41, 5.74) is 9.76. The molecule has 0 saturated carbocycles. The number of rotatable bonds is 1. The third kappa shape index (κ3) is 2.60.